The van der Waals surface area contributed by atoms with E-state index in [0.717, 1.165) is 5.56 Å². The lowest BCUT2D eigenvalue weighted by molar-refractivity contribution is 0.0981. The van der Waals surface area contributed by atoms with Gasteiger partial charge in [0.05, 0.1) is 13.2 Å². The SMILES string of the molecule is COCCn1nnnc1CCC(=O)c1ccccc1. The molecule has 1 aromatic carbocycles. The van der Waals surface area contributed by atoms with Crippen LogP contribution in [-0.4, -0.2) is 39.7 Å². The average molecular weight is 260 g/mol. The van der Waals surface area contributed by atoms with Crippen molar-refractivity contribution in [3.05, 3.63) is 41.7 Å². The number of methoxy groups -OCH3 is 1. The van der Waals surface area contributed by atoms with E-state index in [9.17, 15) is 4.79 Å². The van der Waals surface area contributed by atoms with Gasteiger partial charge in [0.2, 0.25) is 0 Å². The van der Waals surface area contributed by atoms with Gasteiger partial charge >= 0.3 is 0 Å². The lowest BCUT2D eigenvalue weighted by atomic mass is 10.1. The van der Waals surface area contributed by atoms with Crippen LogP contribution in [0.5, 0.6) is 0 Å². The van der Waals surface area contributed by atoms with Crippen LogP contribution in [0.15, 0.2) is 30.3 Å². The van der Waals surface area contributed by atoms with Crippen molar-refractivity contribution in [3.8, 4) is 0 Å². The molecule has 0 radical (unpaired) electrons. The van der Waals surface area contributed by atoms with Gasteiger partial charge in [0.15, 0.2) is 11.6 Å². The van der Waals surface area contributed by atoms with Gasteiger partial charge in [0, 0.05) is 25.5 Å². The van der Waals surface area contributed by atoms with Gasteiger partial charge in [-0.15, -0.1) is 5.10 Å². The van der Waals surface area contributed by atoms with Gasteiger partial charge in [0.25, 0.3) is 0 Å². The predicted molar refractivity (Wildman–Crippen MR) is 68.8 cm³/mol. The number of hydrogen-bond donors (Lipinski definition) is 0. The third-order valence-corrected chi connectivity index (χ3v) is 2.78. The first-order valence-electron chi connectivity index (χ1n) is 6.13. The van der Waals surface area contributed by atoms with Crippen molar-refractivity contribution in [2.75, 3.05) is 13.7 Å². The maximum atomic E-state index is 12.0. The molecule has 0 aliphatic carbocycles. The van der Waals surface area contributed by atoms with E-state index >= 15 is 0 Å². The molecular weight excluding hydrogens is 244 g/mol. The fourth-order valence-corrected chi connectivity index (χ4v) is 1.75. The predicted octanol–water partition coefficient (Wildman–Crippen LogP) is 1.13. The number of carbonyl (C=O) groups excluding carboxylic acids is 1. The average Bonchev–Trinajstić information content (AvgIpc) is 2.91. The number of aryl methyl sites for hydroxylation is 1. The van der Waals surface area contributed by atoms with Crippen LogP contribution in [0, 0.1) is 0 Å². The maximum Gasteiger partial charge on any atom is 0.163 e. The van der Waals surface area contributed by atoms with E-state index in [2.05, 4.69) is 15.5 Å². The highest BCUT2D eigenvalue weighted by molar-refractivity contribution is 5.96. The van der Waals surface area contributed by atoms with Crippen LogP contribution >= 0.6 is 0 Å². The van der Waals surface area contributed by atoms with Gasteiger partial charge in [-0.05, 0) is 10.4 Å². The first kappa shape index (κ1) is 13.4. The lowest BCUT2D eigenvalue weighted by Gasteiger charge is -2.03. The Morgan fingerprint density at radius 2 is 2.11 bits per heavy atom. The normalized spacial score (nSPS) is 10.6. The van der Waals surface area contributed by atoms with Crippen LogP contribution in [0.3, 0.4) is 0 Å². The second kappa shape index (κ2) is 6.75. The Hall–Kier alpha value is -2.08. The molecule has 0 unspecified atom stereocenters. The molecule has 2 aromatic rings. The van der Waals surface area contributed by atoms with Crippen LogP contribution < -0.4 is 0 Å². The zero-order chi connectivity index (χ0) is 13.5. The Morgan fingerprint density at radius 3 is 2.84 bits per heavy atom. The Kier molecular flexibility index (Phi) is 4.74. The van der Waals surface area contributed by atoms with Crippen LogP contribution in [0.4, 0.5) is 0 Å². The van der Waals surface area contributed by atoms with E-state index in [1.807, 2.05) is 30.3 Å². The monoisotopic (exact) mass is 260 g/mol. The molecule has 0 aliphatic rings. The molecule has 0 spiro atoms. The van der Waals surface area contributed by atoms with Crippen molar-refractivity contribution >= 4 is 5.78 Å². The number of carbonyl (C=O) groups is 1. The van der Waals surface area contributed by atoms with E-state index in [1.54, 1.807) is 11.8 Å². The molecule has 0 fully saturated rings. The summed E-state index contributed by atoms with van der Waals surface area (Å²) in [5.41, 5.74) is 0.721. The number of aromatic nitrogens is 4. The zero-order valence-electron chi connectivity index (χ0n) is 10.8. The van der Waals surface area contributed by atoms with Crippen molar-refractivity contribution in [1.29, 1.82) is 0 Å². The molecule has 0 N–H and O–H groups in total. The molecule has 1 heterocycles. The largest absolute Gasteiger partial charge is 0.383 e. The molecule has 0 bridgehead atoms. The maximum absolute atomic E-state index is 12.0. The van der Waals surface area contributed by atoms with Crippen LogP contribution in [0.25, 0.3) is 0 Å². The van der Waals surface area contributed by atoms with Crippen molar-refractivity contribution in [2.24, 2.45) is 0 Å². The molecule has 0 amide bonds. The number of benzene rings is 1. The minimum Gasteiger partial charge on any atom is -0.383 e. The van der Waals surface area contributed by atoms with Crippen LogP contribution in [0.2, 0.25) is 0 Å². The van der Waals surface area contributed by atoms with E-state index in [-0.39, 0.29) is 5.78 Å². The molecule has 19 heavy (non-hydrogen) atoms. The van der Waals surface area contributed by atoms with E-state index < -0.39 is 0 Å². The quantitative estimate of drug-likeness (QED) is 0.698. The Balaban J connectivity index is 1.92. The highest BCUT2D eigenvalue weighted by Gasteiger charge is 2.10. The number of tetrazole rings is 1. The summed E-state index contributed by atoms with van der Waals surface area (Å²) in [4.78, 5) is 12.0. The molecule has 2 rings (SSSR count). The fraction of sp³-hybridized carbons (Fsp3) is 0.385. The van der Waals surface area contributed by atoms with Crippen LogP contribution in [-0.2, 0) is 17.7 Å². The summed E-state index contributed by atoms with van der Waals surface area (Å²) in [5, 5.41) is 11.4. The Bertz CT molecular complexity index is 524. The van der Waals surface area contributed by atoms with Gasteiger partial charge in [-0.1, -0.05) is 30.3 Å². The van der Waals surface area contributed by atoms with Crippen molar-refractivity contribution < 1.29 is 9.53 Å². The molecule has 100 valence electrons. The smallest absolute Gasteiger partial charge is 0.163 e. The topological polar surface area (TPSA) is 69.9 Å². The third kappa shape index (κ3) is 3.69. The molecular formula is C13H16N4O2. The molecule has 1 aromatic heterocycles. The van der Waals surface area contributed by atoms with Gasteiger partial charge in [-0.2, -0.15) is 0 Å². The number of nitrogens with zero attached hydrogens (tertiary/aromatic N) is 4. The second-order valence-corrected chi connectivity index (χ2v) is 4.10. The Labute approximate surface area is 111 Å². The summed E-state index contributed by atoms with van der Waals surface area (Å²) in [7, 11) is 1.63. The number of rotatable bonds is 7. The Morgan fingerprint density at radius 1 is 1.32 bits per heavy atom. The summed E-state index contributed by atoms with van der Waals surface area (Å²) < 4.78 is 6.65. The highest BCUT2D eigenvalue weighted by Crippen LogP contribution is 2.06. The second-order valence-electron chi connectivity index (χ2n) is 4.10. The first-order chi connectivity index (χ1) is 9.31. The van der Waals surface area contributed by atoms with Gasteiger partial charge < -0.3 is 4.74 Å². The summed E-state index contributed by atoms with van der Waals surface area (Å²) in [5.74, 6) is 0.809. The van der Waals surface area contributed by atoms with Crippen LogP contribution in [0.1, 0.15) is 22.6 Å². The molecule has 0 saturated heterocycles. The van der Waals surface area contributed by atoms with Gasteiger partial charge in [-0.25, -0.2) is 4.68 Å². The van der Waals surface area contributed by atoms with Gasteiger partial charge in [0.1, 0.15) is 0 Å². The van der Waals surface area contributed by atoms with Crippen molar-refractivity contribution in [1.82, 2.24) is 20.2 Å². The first-order valence-corrected chi connectivity index (χ1v) is 6.13. The van der Waals surface area contributed by atoms with E-state index in [1.165, 1.54) is 0 Å². The zero-order valence-corrected chi connectivity index (χ0v) is 10.8. The molecule has 0 aliphatic heterocycles. The summed E-state index contributed by atoms with van der Waals surface area (Å²) >= 11 is 0. The highest BCUT2D eigenvalue weighted by atomic mass is 16.5. The number of ketones is 1. The molecule has 6 nitrogen and oxygen atoms in total. The van der Waals surface area contributed by atoms with E-state index in [4.69, 9.17) is 4.74 Å². The third-order valence-electron chi connectivity index (χ3n) is 2.78. The van der Waals surface area contributed by atoms with E-state index in [0.29, 0.717) is 31.8 Å². The lowest BCUT2D eigenvalue weighted by Crippen LogP contribution is -2.11. The number of Topliss-reactive ketones (excluding diaryl/α,β-unsaturated/α-hetero) is 1. The van der Waals surface area contributed by atoms with Crippen molar-refractivity contribution in [2.45, 2.75) is 19.4 Å². The minimum atomic E-state index is 0.0990. The number of ether oxygens (including phenoxy) is 1. The van der Waals surface area contributed by atoms with Gasteiger partial charge in [-0.3, -0.25) is 4.79 Å². The standard InChI is InChI=1S/C13H16N4O2/c1-19-10-9-17-13(14-15-16-17)8-7-12(18)11-5-3-2-4-6-11/h2-6H,7-10H2,1H3. The van der Waals surface area contributed by atoms with Crippen molar-refractivity contribution in [3.63, 3.8) is 0 Å². The molecule has 0 atom stereocenters. The fourth-order valence-electron chi connectivity index (χ4n) is 1.75. The summed E-state index contributed by atoms with van der Waals surface area (Å²) in [6.45, 7) is 1.14. The molecule has 6 heteroatoms. The minimum absolute atomic E-state index is 0.0990. The molecule has 0 saturated carbocycles. The summed E-state index contributed by atoms with van der Waals surface area (Å²) in [6.07, 6.45) is 0.932. The number of hydrogen-bond acceptors (Lipinski definition) is 5. The summed E-state index contributed by atoms with van der Waals surface area (Å²) in [6, 6.07) is 9.24.